The van der Waals surface area contributed by atoms with Crippen LogP contribution in [0.4, 0.5) is 18.9 Å². The van der Waals surface area contributed by atoms with Crippen LogP contribution >= 0.6 is 0 Å². The molecule has 0 aliphatic heterocycles. The molecule has 1 aliphatic carbocycles. The Hall–Kier alpha value is -2.05. The average Bonchev–Trinajstić information content (AvgIpc) is 2.55. The van der Waals surface area contributed by atoms with Gasteiger partial charge in [-0.25, -0.2) is 0 Å². The summed E-state index contributed by atoms with van der Waals surface area (Å²) in [4.78, 5) is 25.0. The minimum Gasteiger partial charge on any atom is -0.353 e. The SMILES string of the molecule is CC(=O)N(CCC(=O)NC1CCCCC1)c1ccccc1C(F)(F)F. The molecule has 0 aromatic heterocycles. The highest BCUT2D eigenvalue weighted by molar-refractivity contribution is 5.93. The molecule has 1 fully saturated rings. The van der Waals surface area contributed by atoms with Crippen LogP contribution in [0, 0.1) is 0 Å². The molecule has 0 spiro atoms. The molecule has 7 heteroatoms. The van der Waals surface area contributed by atoms with Crippen LogP contribution in [-0.4, -0.2) is 24.4 Å². The summed E-state index contributed by atoms with van der Waals surface area (Å²) in [6.07, 6.45) is 0.584. The van der Waals surface area contributed by atoms with Crippen LogP contribution in [0.2, 0.25) is 0 Å². The lowest BCUT2D eigenvalue weighted by atomic mass is 9.95. The largest absolute Gasteiger partial charge is 0.418 e. The van der Waals surface area contributed by atoms with E-state index >= 15 is 0 Å². The van der Waals surface area contributed by atoms with Crippen LogP contribution in [0.15, 0.2) is 24.3 Å². The summed E-state index contributed by atoms with van der Waals surface area (Å²) in [6, 6.07) is 5.05. The summed E-state index contributed by atoms with van der Waals surface area (Å²) >= 11 is 0. The molecule has 0 radical (unpaired) electrons. The number of hydrogen-bond donors (Lipinski definition) is 1. The van der Waals surface area contributed by atoms with Gasteiger partial charge < -0.3 is 10.2 Å². The molecule has 0 bridgehead atoms. The molecule has 2 rings (SSSR count). The van der Waals surface area contributed by atoms with E-state index in [0.29, 0.717) is 0 Å². The summed E-state index contributed by atoms with van der Waals surface area (Å²) in [6.45, 7) is 1.12. The first kappa shape index (κ1) is 19.3. The number of rotatable bonds is 5. The van der Waals surface area contributed by atoms with Crippen LogP contribution in [0.1, 0.15) is 51.0 Å². The van der Waals surface area contributed by atoms with Crippen molar-refractivity contribution in [1.29, 1.82) is 0 Å². The maximum atomic E-state index is 13.2. The van der Waals surface area contributed by atoms with Crippen molar-refractivity contribution in [2.24, 2.45) is 0 Å². The molecule has 0 saturated heterocycles. The molecule has 1 aromatic carbocycles. The molecular weight excluding hydrogens is 333 g/mol. The van der Waals surface area contributed by atoms with E-state index in [1.807, 2.05) is 0 Å². The first-order chi connectivity index (χ1) is 11.8. The molecule has 1 aliphatic rings. The lowest BCUT2D eigenvalue weighted by Crippen LogP contribution is -2.39. The lowest BCUT2D eigenvalue weighted by molar-refractivity contribution is -0.137. The predicted octanol–water partition coefficient (Wildman–Crippen LogP) is 3.90. The number of anilines is 1. The number of amides is 2. The monoisotopic (exact) mass is 356 g/mol. The highest BCUT2D eigenvalue weighted by atomic mass is 19.4. The van der Waals surface area contributed by atoms with Crippen molar-refractivity contribution < 1.29 is 22.8 Å². The molecule has 0 heterocycles. The third kappa shape index (κ3) is 5.47. The van der Waals surface area contributed by atoms with Crippen molar-refractivity contribution in [3.63, 3.8) is 0 Å². The molecule has 1 N–H and O–H groups in total. The third-order valence-corrected chi connectivity index (χ3v) is 4.41. The van der Waals surface area contributed by atoms with Gasteiger partial charge in [0.25, 0.3) is 0 Å². The van der Waals surface area contributed by atoms with Gasteiger partial charge in [0, 0.05) is 25.9 Å². The fourth-order valence-electron chi connectivity index (χ4n) is 3.16. The van der Waals surface area contributed by atoms with Gasteiger partial charge in [-0.05, 0) is 25.0 Å². The Morgan fingerprint density at radius 1 is 1.16 bits per heavy atom. The summed E-state index contributed by atoms with van der Waals surface area (Å²) in [5, 5.41) is 2.91. The number of para-hydroxylation sites is 1. The molecule has 1 aromatic rings. The van der Waals surface area contributed by atoms with Crippen molar-refractivity contribution >= 4 is 17.5 Å². The maximum Gasteiger partial charge on any atom is 0.418 e. The van der Waals surface area contributed by atoms with E-state index in [9.17, 15) is 22.8 Å². The zero-order valence-corrected chi connectivity index (χ0v) is 14.2. The number of carbonyl (C=O) groups excluding carboxylic acids is 2. The Morgan fingerprint density at radius 2 is 1.80 bits per heavy atom. The second-order valence-electron chi connectivity index (χ2n) is 6.34. The molecule has 2 amide bonds. The fraction of sp³-hybridized carbons (Fsp3) is 0.556. The lowest BCUT2D eigenvalue weighted by Gasteiger charge is -2.26. The van der Waals surface area contributed by atoms with E-state index in [2.05, 4.69) is 5.32 Å². The topological polar surface area (TPSA) is 49.4 Å². The Kier molecular flexibility index (Phi) is 6.45. The van der Waals surface area contributed by atoms with Gasteiger partial charge in [-0.3, -0.25) is 9.59 Å². The number of hydrogen-bond acceptors (Lipinski definition) is 2. The number of nitrogens with one attached hydrogen (secondary N) is 1. The summed E-state index contributed by atoms with van der Waals surface area (Å²) < 4.78 is 39.5. The number of nitrogens with zero attached hydrogens (tertiary/aromatic N) is 1. The zero-order valence-electron chi connectivity index (χ0n) is 14.2. The van der Waals surface area contributed by atoms with Crippen LogP contribution in [0.3, 0.4) is 0 Å². The van der Waals surface area contributed by atoms with Gasteiger partial charge in [0.15, 0.2) is 0 Å². The second kappa shape index (κ2) is 8.36. The Bertz CT molecular complexity index is 611. The summed E-state index contributed by atoms with van der Waals surface area (Å²) in [5.74, 6) is -0.759. The normalized spacial score (nSPS) is 15.7. The molecule has 25 heavy (non-hydrogen) atoms. The van der Waals surface area contributed by atoms with Gasteiger partial charge in [0.2, 0.25) is 11.8 Å². The fourth-order valence-corrected chi connectivity index (χ4v) is 3.16. The Morgan fingerprint density at radius 3 is 2.40 bits per heavy atom. The smallest absolute Gasteiger partial charge is 0.353 e. The van der Waals surface area contributed by atoms with Gasteiger partial charge in [-0.2, -0.15) is 13.2 Å². The number of benzene rings is 1. The Labute approximate surface area is 145 Å². The van der Waals surface area contributed by atoms with Gasteiger partial charge in [0.1, 0.15) is 0 Å². The Balaban J connectivity index is 2.04. The first-order valence-electron chi connectivity index (χ1n) is 8.52. The van der Waals surface area contributed by atoms with E-state index in [0.717, 1.165) is 36.6 Å². The second-order valence-corrected chi connectivity index (χ2v) is 6.34. The van der Waals surface area contributed by atoms with Gasteiger partial charge in [0.05, 0.1) is 11.3 Å². The van der Waals surface area contributed by atoms with Crippen molar-refractivity contribution in [3.8, 4) is 0 Å². The van der Waals surface area contributed by atoms with Gasteiger partial charge in [-0.1, -0.05) is 31.4 Å². The van der Waals surface area contributed by atoms with Crippen LogP contribution in [0.25, 0.3) is 0 Å². The van der Waals surface area contributed by atoms with Gasteiger partial charge in [-0.15, -0.1) is 0 Å². The quantitative estimate of drug-likeness (QED) is 0.870. The number of carbonyl (C=O) groups is 2. The van der Waals surface area contributed by atoms with Crippen LogP contribution < -0.4 is 10.2 Å². The predicted molar refractivity (Wildman–Crippen MR) is 89.1 cm³/mol. The molecule has 138 valence electrons. The zero-order chi connectivity index (χ0) is 18.4. The molecule has 1 saturated carbocycles. The maximum absolute atomic E-state index is 13.2. The van der Waals surface area contributed by atoms with Crippen molar-refractivity contribution in [3.05, 3.63) is 29.8 Å². The van der Waals surface area contributed by atoms with Crippen molar-refractivity contribution in [1.82, 2.24) is 5.32 Å². The summed E-state index contributed by atoms with van der Waals surface area (Å²) in [5.41, 5.74) is -1.09. The van der Waals surface area contributed by atoms with E-state index in [1.165, 1.54) is 31.5 Å². The minimum atomic E-state index is -4.56. The first-order valence-corrected chi connectivity index (χ1v) is 8.52. The van der Waals surface area contributed by atoms with E-state index in [-0.39, 0.29) is 30.6 Å². The van der Waals surface area contributed by atoms with Crippen LogP contribution in [-0.2, 0) is 15.8 Å². The third-order valence-electron chi connectivity index (χ3n) is 4.41. The molecule has 0 unspecified atom stereocenters. The van der Waals surface area contributed by atoms with E-state index in [4.69, 9.17) is 0 Å². The average molecular weight is 356 g/mol. The van der Waals surface area contributed by atoms with E-state index < -0.39 is 17.6 Å². The van der Waals surface area contributed by atoms with Crippen LogP contribution in [0.5, 0.6) is 0 Å². The van der Waals surface area contributed by atoms with Crippen molar-refractivity contribution in [2.75, 3.05) is 11.4 Å². The standard InChI is InChI=1S/C18H23F3N2O2/c1-13(24)23(16-10-6-5-9-15(16)18(19,20)21)12-11-17(25)22-14-7-3-2-4-8-14/h5-6,9-10,14H,2-4,7-8,11-12H2,1H3,(H,22,25). The molecule has 0 atom stereocenters. The van der Waals surface area contributed by atoms with Crippen molar-refractivity contribution in [2.45, 2.75) is 57.7 Å². The molecule has 4 nitrogen and oxygen atoms in total. The molecular formula is C18H23F3N2O2. The minimum absolute atomic E-state index is 0.0255. The highest BCUT2D eigenvalue weighted by Gasteiger charge is 2.35. The van der Waals surface area contributed by atoms with E-state index in [1.54, 1.807) is 0 Å². The highest BCUT2D eigenvalue weighted by Crippen LogP contribution is 2.36. The summed E-state index contributed by atoms with van der Waals surface area (Å²) in [7, 11) is 0. The number of alkyl halides is 3. The van der Waals surface area contributed by atoms with Gasteiger partial charge >= 0.3 is 6.18 Å². The number of halogens is 3.